The van der Waals surface area contributed by atoms with Gasteiger partial charge in [-0.2, -0.15) is 0 Å². The predicted octanol–water partition coefficient (Wildman–Crippen LogP) is 1.68. The van der Waals surface area contributed by atoms with Gasteiger partial charge in [0.15, 0.2) is 0 Å². The highest BCUT2D eigenvalue weighted by Gasteiger charge is 2.34. The number of halogens is 3. The van der Waals surface area contributed by atoms with Gasteiger partial charge in [0.25, 0.3) is 0 Å². The molecule has 0 spiro atoms. The van der Waals surface area contributed by atoms with Gasteiger partial charge >= 0.3 is 12.5 Å². The maximum atomic E-state index is 11.1. The summed E-state index contributed by atoms with van der Waals surface area (Å²) in [6.45, 7) is 1.23. The van der Waals surface area contributed by atoms with Crippen molar-refractivity contribution in [2.24, 2.45) is 0 Å². The third-order valence-electron chi connectivity index (χ3n) is 0.461. The number of ether oxygens (including phenoxy) is 2. The van der Waals surface area contributed by atoms with Crippen molar-refractivity contribution >= 4 is 6.16 Å². The van der Waals surface area contributed by atoms with Crippen LogP contribution in [0.2, 0.25) is 0 Å². The number of alkyl halides is 3. The molecular formula is C4H5F3O3. The third kappa shape index (κ3) is 5.20. The van der Waals surface area contributed by atoms with E-state index in [-0.39, 0.29) is 6.61 Å². The Morgan fingerprint density at radius 1 is 1.50 bits per heavy atom. The molecule has 0 aromatic carbocycles. The Hall–Kier alpha value is -0.940. The molecule has 0 bridgehead atoms. The number of hydrogen-bond donors (Lipinski definition) is 0. The minimum absolute atomic E-state index is 0.144. The van der Waals surface area contributed by atoms with Crippen molar-refractivity contribution in [3.05, 3.63) is 0 Å². The summed E-state index contributed by atoms with van der Waals surface area (Å²) in [5.41, 5.74) is 0. The van der Waals surface area contributed by atoms with Gasteiger partial charge in [-0.3, -0.25) is 0 Å². The molecule has 10 heavy (non-hydrogen) atoms. The quantitative estimate of drug-likeness (QED) is 0.544. The van der Waals surface area contributed by atoms with Crippen molar-refractivity contribution in [1.82, 2.24) is 0 Å². The Bertz CT molecular complexity index is 119. The second kappa shape index (κ2) is 3.28. The van der Waals surface area contributed by atoms with E-state index in [1.54, 1.807) is 0 Å². The second-order valence-corrected chi connectivity index (χ2v) is 1.23. The maximum Gasteiger partial charge on any atom is 0.577 e. The van der Waals surface area contributed by atoms with E-state index in [0.29, 0.717) is 0 Å². The average Bonchev–Trinajstić information content (AvgIpc) is 1.59. The highest BCUT2D eigenvalue weighted by Crippen LogP contribution is 2.16. The van der Waals surface area contributed by atoms with E-state index in [2.05, 4.69) is 9.47 Å². The number of hydrogen-bond acceptors (Lipinski definition) is 3. The first kappa shape index (κ1) is 9.06. The SMILES string of the molecule is CCOC(=O)OC(F)(F)F. The molecule has 0 N–H and O–H groups in total. The topological polar surface area (TPSA) is 35.5 Å². The average molecular weight is 158 g/mol. The zero-order chi connectivity index (χ0) is 8.20. The molecule has 0 saturated carbocycles. The van der Waals surface area contributed by atoms with Gasteiger partial charge in [0.1, 0.15) is 0 Å². The first-order valence-electron chi connectivity index (χ1n) is 2.38. The molecule has 0 aromatic rings. The smallest absolute Gasteiger partial charge is 0.434 e. The van der Waals surface area contributed by atoms with Crippen LogP contribution in [0.3, 0.4) is 0 Å². The van der Waals surface area contributed by atoms with Crippen LogP contribution in [-0.4, -0.2) is 19.1 Å². The van der Waals surface area contributed by atoms with E-state index in [1.165, 1.54) is 6.92 Å². The fourth-order valence-electron chi connectivity index (χ4n) is 0.242. The maximum absolute atomic E-state index is 11.1. The first-order valence-corrected chi connectivity index (χ1v) is 2.38. The van der Waals surface area contributed by atoms with Crippen molar-refractivity contribution < 1.29 is 27.4 Å². The van der Waals surface area contributed by atoms with Crippen LogP contribution in [-0.2, 0) is 9.47 Å². The van der Waals surface area contributed by atoms with Crippen molar-refractivity contribution in [3.63, 3.8) is 0 Å². The normalized spacial score (nSPS) is 10.8. The Balaban J connectivity index is 3.58. The second-order valence-electron chi connectivity index (χ2n) is 1.23. The zero-order valence-electron chi connectivity index (χ0n) is 5.07. The molecule has 0 aliphatic heterocycles. The number of carbonyl (C=O) groups excluding carboxylic acids is 1. The molecule has 0 fully saturated rings. The van der Waals surface area contributed by atoms with Gasteiger partial charge in [-0.1, -0.05) is 0 Å². The van der Waals surface area contributed by atoms with E-state index in [9.17, 15) is 18.0 Å². The fourth-order valence-corrected chi connectivity index (χ4v) is 0.242. The lowest BCUT2D eigenvalue weighted by atomic mass is 10.9. The van der Waals surface area contributed by atoms with Gasteiger partial charge in [-0.15, -0.1) is 13.2 Å². The summed E-state index contributed by atoms with van der Waals surface area (Å²) >= 11 is 0. The van der Waals surface area contributed by atoms with Crippen LogP contribution in [0.25, 0.3) is 0 Å². The highest BCUT2D eigenvalue weighted by molar-refractivity contribution is 5.59. The molecule has 0 unspecified atom stereocenters. The van der Waals surface area contributed by atoms with E-state index < -0.39 is 12.5 Å². The molecule has 0 atom stereocenters. The Kier molecular flexibility index (Phi) is 2.98. The molecule has 0 saturated heterocycles. The molecule has 0 heterocycles. The van der Waals surface area contributed by atoms with E-state index >= 15 is 0 Å². The molecule has 0 aliphatic carbocycles. The van der Waals surface area contributed by atoms with Crippen molar-refractivity contribution in [1.29, 1.82) is 0 Å². The lowest BCUT2D eigenvalue weighted by molar-refractivity contribution is -0.299. The number of carbonyl (C=O) groups is 1. The lowest BCUT2D eigenvalue weighted by Crippen LogP contribution is -2.19. The molecule has 6 heteroatoms. The summed E-state index contributed by atoms with van der Waals surface area (Å²) in [5, 5.41) is 0. The molecule has 60 valence electrons. The Morgan fingerprint density at radius 2 is 2.00 bits per heavy atom. The molecular weight excluding hydrogens is 153 g/mol. The van der Waals surface area contributed by atoms with Crippen LogP contribution in [0.15, 0.2) is 0 Å². The summed E-state index contributed by atoms with van der Waals surface area (Å²) < 4.78 is 40.0. The van der Waals surface area contributed by atoms with Crippen LogP contribution in [0.4, 0.5) is 18.0 Å². The van der Waals surface area contributed by atoms with Crippen LogP contribution in [0.5, 0.6) is 0 Å². The van der Waals surface area contributed by atoms with Gasteiger partial charge in [-0.25, -0.2) is 4.79 Å². The summed E-state index contributed by atoms with van der Waals surface area (Å²) in [6, 6.07) is 0. The van der Waals surface area contributed by atoms with Crippen LogP contribution in [0, 0.1) is 0 Å². The largest absolute Gasteiger partial charge is 0.577 e. The van der Waals surface area contributed by atoms with E-state index in [4.69, 9.17) is 0 Å². The molecule has 0 aromatic heterocycles. The summed E-state index contributed by atoms with van der Waals surface area (Å²) in [6.07, 6.45) is -6.68. The standard InChI is InChI=1S/C4H5F3O3/c1-2-9-3(8)10-4(5,6)7/h2H2,1H3. The minimum atomic E-state index is -4.95. The summed E-state index contributed by atoms with van der Waals surface area (Å²) in [4.78, 5) is 9.89. The van der Waals surface area contributed by atoms with E-state index in [0.717, 1.165) is 0 Å². The summed E-state index contributed by atoms with van der Waals surface area (Å²) in [5.74, 6) is 0. The molecule has 0 aliphatic rings. The van der Waals surface area contributed by atoms with Crippen molar-refractivity contribution in [3.8, 4) is 0 Å². The van der Waals surface area contributed by atoms with Gasteiger partial charge in [0.05, 0.1) is 6.61 Å². The third-order valence-corrected chi connectivity index (χ3v) is 0.461. The molecule has 3 nitrogen and oxygen atoms in total. The van der Waals surface area contributed by atoms with Gasteiger partial charge in [0.2, 0.25) is 0 Å². The zero-order valence-corrected chi connectivity index (χ0v) is 5.07. The minimum Gasteiger partial charge on any atom is -0.434 e. The van der Waals surface area contributed by atoms with Crippen molar-refractivity contribution in [2.75, 3.05) is 6.61 Å². The van der Waals surface area contributed by atoms with Gasteiger partial charge in [-0.05, 0) is 6.92 Å². The molecule has 0 amide bonds. The predicted molar refractivity (Wildman–Crippen MR) is 24.2 cm³/mol. The van der Waals surface area contributed by atoms with Gasteiger partial charge < -0.3 is 9.47 Å². The van der Waals surface area contributed by atoms with E-state index in [1.807, 2.05) is 0 Å². The fraction of sp³-hybridized carbons (Fsp3) is 0.750. The summed E-state index contributed by atoms with van der Waals surface area (Å²) in [7, 11) is 0. The lowest BCUT2D eigenvalue weighted by Gasteiger charge is -2.05. The van der Waals surface area contributed by atoms with Crippen LogP contribution < -0.4 is 0 Å². The van der Waals surface area contributed by atoms with Gasteiger partial charge in [0, 0.05) is 0 Å². The Morgan fingerprint density at radius 3 is 2.30 bits per heavy atom. The van der Waals surface area contributed by atoms with Crippen LogP contribution >= 0.6 is 0 Å². The monoisotopic (exact) mass is 158 g/mol. The number of rotatable bonds is 1. The van der Waals surface area contributed by atoms with Crippen molar-refractivity contribution in [2.45, 2.75) is 13.3 Å². The molecule has 0 rings (SSSR count). The molecule has 0 radical (unpaired) electrons. The van der Waals surface area contributed by atoms with Crippen LogP contribution in [0.1, 0.15) is 6.92 Å². The highest BCUT2D eigenvalue weighted by atomic mass is 19.4. The first-order chi connectivity index (χ1) is 4.45. The Labute approximate surface area is 54.7 Å².